The van der Waals surface area contributed by atoms with Crippen molar-refractivity contribution in [3.05, 3.63) is 83.9 Å². The van der Waals surface area contributed by atoms with Gasteiger partial charge in [-0.3, -0.25) is 14.9 Å². The molecule has 164 valence electrons. The molecule has 33 heavy (non-hydrogen) atoms. The maximum absolute atomic E-state index is 12.5. The van der Waals surface area contributed by atoms with E-state index >= 15 is 0 Å². The minimum atomic E-state index is -0.188. The number of anilines is 3. The Hall–Kier alpha value is -4.18. The van der Waals surface area contributed by atoms with Gasteiger partial charge in [0, 0.05) is 40.9 Å². The normalized spacial score (nSPS) is 11.0. The molecule has 0 spiro atoms. The van der Waals surface area contributed by atoms with Gasteiger partial charge in [-0.2, -0.15) is 5.10 Å². The van der Waals surface area contributed by atoms with Crippen LogP contribution in [0.15, 0.2) is 77.2 Å². The third kappa shape index (κ3) is 4.55. The second-order valence-corrected chi connectivity index (χ2v) is 8.45. The van der Waals surface area contributed by atoms with Gasteiger partial charge < -0.3 is 10.6 Å². The highest BCUT2D eigenvalue weighted by Crippen LogP contribution is 2.29. The molecule has 4 aromatic heterocycles. The lowest BCUT2D eigenvalue weighted by Gasteiger charge is -2.09. The fourth-order valence-corrected chi connectivity index (χ4v) is 4.01. The monoisotopic (exact) mass is 456 g/mol. The summed E-state index contributed by atoms with van der Waals surface area (Å²) in [7, 11) is 0. The summed E-state index contributed by atoms with van der Waals surface area (Å²) in [4.78, 5) is 22.2. The van der Waals surface area contributed by atoms with Gasteiger partial charge in [0.05, 0.1) is 5.56 Å². The molecule has 9 nitrogen and oxygen atoms in total. The number of rotatable bonds is 6. The molecule has 10 heteroatoms. The minimum absolute atomic E-state index is 0.188. The largest absolute Gasteiger partial charge is 0.322 e. The van der Waals surface area contributed by atoms with Crippen molar-refractivity contribution >= 4 is 40.5 Å². The van der Waals surface area contributed by atoms with E-state index in [0.29, 0.717) is 28.0 Å². The molecule has 0 saturated carbocycles. The van der Waals surface area contributed by atoms with E-state index in [1.165, 1.54) is 11.8 Å². The van der Waals surface area contributed by atoms with Crippen molar-refractivity contribution < 1.29 is 4.79 Å². The number of aromatic amines is 1. The Morgan fingerprint density at radius 2 is 1.97 bits per heavy atom. The number of nitrogens with one attached hydrogen (secondary N) is 3. The van der Waals surface area contributed by atoms with E-state index in [4.69, 9.17) is 0 Å². The van der Waals surface area contributed by atoms with Gasteiger partial charge in [-0.1, -0.05) is 0 Å². The zero-order chi connectivity index (χ0) is 22.8. The molecule has 0 aliphatic rings. The van der Waals surface area contributed by atoms with Gasteiger partial charge in [-0.05, 0) is 73.6 Å². The highest BCUT2D eigenvalue weighted by Gasteiger charge is 2.12. The lowest BCUT2D eigenvalue weighted by molar-refractivity contribution is 0.102. The second kappa shape index (κ2) is 8.75. The number of nitrogens with zero attached hydrogens (tertiary/aromatic N) is 5. The van der Waals surface area contributed by atoms with Crippen LogP contribution >= 0.6 is 11.8 Å². The van der Waals surface area contributed by atoms with E-state index in [-0.39, 0.29) is 5.91 Å². The second-order valence-electron chi connectivity index (χ2n) is 7.41. The molecule has 0 bridgehead atoms. The van der Waals surface area contributed by atoms with Gasteiger partial charge in [-0.15, -0.1) is 5.10 Å². The summed E-state index contributed by atoms with van der Waals surface area (Å²) in [6.45, 7) is 3.82. The first-order valence-electron chi connectivity index (χ1n) is 10.2. The SMILES string of the molecule is Cc1cc(Nc2nc(Sc3ccc(NC(=O)c4cnccc4C)cc3)nn3cccc23)n[nH]1. The highest BCUT2D eigenvalue weighted by molar-refractivity contribution is 7.99. The molecule has 0 unspecified atom stereocenters. The number of amides is 1. The van der Waals surface area contributed by atoms with Crippen LogP contribution in [0.1, 0.15) is 21.6 Å². The summed E-state index contributed by atoms with van der Waals surface area (Å²) < 4.78 is 1.78. The average molecular weight is 457 g/mol. The van der Waals surface area contributed by atoms with E-state index in [0.717, 1.165) is 21.7 Å². The number of fused-ring (bicyclic) bond motifs is 1. The van der Waals surface area contributed by atoms with Gasteiger partial charge >= 0.3 is 0 Å². The van der Waals surface area contributed by atoms with E-state index in [1.54, 1.807) is 16.9 Å². The van der Waals surface area contributed by atoms with Crippen LogP contribution in [0.5, 0.6) is 0 Å². The molecule has 0 atom stereocenters. The van der Waals surface area contributed by atoms with Crippen molar-refractivity contribution in [2.45, 2.75) is 23.9 Å². The quantitative estimate of drug-likeness (QED) is 0.342. The Balaban J connectivity index is 1.33. The Morgan fingerprint density at radius 1 is 1.12 bits per heavy atom. The zero-order valence-electron chi connectivity index (χ0n) is 17.9. The number of aromatic nitrogens is 6. The Labute approximate surface area is 193 Å². The topological polar surface area (TPSA) is 113 Å². The summed E-state index contributed by atoms with van der Waals surface area (Å²) >= 11 is 1.43. The number of H-pyrrole nitrogens is 1. The van der Waals surface area contributed by atoms with Crippen molar-refractivity contribution in [3.63, 3.8) is 0 Å². The van der Waals surface area contributed by atoms with Gasteiger partial charge in [-0.25, -0.2) is 9.50 Å². The number of pyridine rings is 1. The lowest BCUT2D eigenvalue weighted by Crippen LogP contribution is -2.13. The molecule has 1 aromatic carbocycles. The summed E-state index contributed by atoms with van der Waals surface area (Å²) in [5, 5.41) is 18.5. The number of benzene rings is 1. The summed E-state index contributed by atoms with van der Waals surface area (Å²) in [5.41, 5.74) is 3.94. The first-order chi connectivity index (χ1) is 16.0. The number of carbonyl (C=O) groups is 1. The Bertz CT molecular complexity index is 1440. The lowest BCUT2D eigenvalue weighted by atomic mass is 10.1. The van der Waals surface area contributed by atoms with E-state index in [2.05, 4.69) is 35.9 Å². The smallest absolute Gasteiger partial charge is 0.257 e. The Kier molecular flexibility index (Phi) is 5.49. The highest BCUT2D eigenvalue weighted by atomic mass is 32.2. The van der Waals surface area contributed by atoms with Crippen LogP contribution in [0, 0.1) is 13.8 Å². The molecular weight excluding hydrogens is 436 g/mol. The van der Waals surface area contributed by atoms with Gasteiger partial charge in [0.2, 0.25) is 5.16 Å². The summed E-state index contributed by atoms with van der Waals surface area (Å²) in [6.07, 6.45) is 5.11. The van der Waals surface area contributed by atoms with E-state index < -0.39 is 0 Å². The van der Waals surface area contributed by atoms with Crippen molar-refractivity contribution in [2.24, 2.45) is 0 Å². The van der Waals surface area contributed by atoms with Crippen LogP contribution in [0.25, 0.3) is 5.52 Å². The predicted molar refractivity (Wildman–Crippen MR) is 127 cm³/mol. The maximum atomic E-state index is 12.5. The molecule has 5 rings (SSSR count). The summed E-state index contributed by atoms with van der Waals surface area (Å²) in [6, 6.07) is 15.1. The fraction of sp³-hybridized carbons (Fsp3) is 0.0870. The molecule has 0 aliphatic heterocycles. The van der Waals surface area contributed by atoms with Crippen molar-refractivity contribution in [1.29, 1.82) is 0 Å². The third-order valence-electron chi connectivity index (χ3n) is 4.93. The van der Waals surface area contributed by atoms with Crippen LogP contribution < -0.4 is 10.6 Å². The molecule has 3 N–H and O–H groups in total. The zero-order valence-corrected chi connectivity index (χ0v) is 18.7. The van der Waals surface area contributed by atoms with Crippen LogP contribution in [-0.2, 0) is 0 Å². The average Bonchev–Trinajstić information content (AvgIpc) is 3.44. The fourth-order valence-electron chi connectivity index (χ4n) is 3.26. The molecule has 0 aliphatic carbocycles. The maximum Gasteiger partial charge on any atom is 0.257 e. The number of carbonyl (C=O) groups excluding carboxylic acids is 1. The van der Waals surface area contributed by atoms with Crippen LogP contribution in [0.2, 0.25) is 0 Å². The van der Waals surface area contributed by atoms with Crippen molar-refractivity contribution in [2.75, 3.05) is 10.6 Å². The number of hydrogen-bond donors (Lipinski definition) is 3. The summed E-state index contributed by atoms with van der Waals surface area (Å²) in [5.74, 6) is 1.17. The van der Waals surface area contributed by atoms with Crippen LogP contribution in [0.4, 0.5) is 17.3 Å². The van der Waals surface area contributed by atoms with Gasteiger partial charge in [0.25, 0.3) is 5.91 Å². The molecular formula is C23H20N8OS. The molecule has 0 fully saturated rings. The first-order valence-corrected chi connectivity index (χ1v) is 11.0. The molecule has 1 amide bonds. The Morgan fingerprint density at radius 3 is 2.73 bits per heavy atom. The third-order valence-corrected chi connectivity index (χ3v) is 5.79. The standard InChI is InChI=1S/C23H20N8OS/c1-14-9-10-24-13-18(14)22(32)25-16-5-7-17(8-6-16)33-23-27-21(19-4-3-11-31(19)30-23)26-20-12-15(2)28-29-20/h3-13H,1-2H3,(H,25,32)(H2,26,27,28,29,30). The van der Waals surface area contributed by atoms with Crippen LogP contribution in [0.3, 0.4) is 0 Å². The van der Waals surface area contributed by atoms with Gasteiger partial charge in [0.1, 0.15) is 5.52 Å². The minimum Gasteiger partial charge on any atom is -0.322 e. The molecule has 5 aromatic rings. The first kappa shape index (κ1) is 20.7. The predicted octanol–water partition coefficient (Wildman–Crippen LogP) is 4.61. The van der Waals surface area contributed by atoms with Crippen LogP contribution in [-0.4, -0.2) is 35.7 Å². The van der Waals surface area contributed by atoms with Crippen molar-refractivity contribution in [1.82, 2.24) is 29.8 Å². The molecule has 0 saturated heterocycles. The van der Waals surface area contributed by atoms with E-state index in [9.17, 15) is 4.79 Å². The molecule has 4 heterocycles. The van der Waals surface area contributed by atoms with E-state index in [1.807, 2.05) is 68.6 Å². The number of aryl methyl sites for hydroxylation is 2. The van der Waals surface area contributed by atoms with Gasteiger partial charge in [0.15, 0.2) is 11.6 Å². The van der Waals surface area contributed by atoms with Crippen molar-refractivity contribution in [3.8, 4) is 0 Å². The molecule has 0 radical (unpaired) electrons. The number of hydrogen-bond acceptors (Lipinski definition) is 7.